The van der Waals surface area contributed by atoms with Gasteiger partial charge in [0.05, 0.1) is 0 Å². The molecule has 0 atom stereocenters. The Bertz CT molecular complexity index is 526. The molecule has 1 aromatic rings. The van der Waals surface area contributed by atoms with Crippen LogP contribution in [0.1, 0.15) is 12.8 Å². The number of pyridine rings is 1. The van der Waals surface area contributed by atoms with Crippen LogP contribution in [-0.2, 0) is 10.0 Å². The molecule has 0 radical (unpaired) electrons. The minimum atomic E-state index is -3.56. The van der Waals surface area contributed by atoms with Crippen molar-refractivity contribution in [2.45, 2.75) is 23.8 Å². The third kappa shape index (κ3) is 2.51. The quantitative estimate of drug-likeness (QED) is 0.609. The van der Waals surface area contributed by atoms with Gasteiger partial charge in [-0.1, -0.05) is 17.7 Å². The van der Waals surface area contributed by atoms with Crippen molar-refractivity contribution in [2.24, 2.45) is 0 Å². The van der Waals surface area contributed by atoms with Crippen LogP contribution >= 0.6 is 11.6 Å². The second-order valence-corrected chi connectivity index (χ2v) is 6.10. The van der Waals surface area contributed by atoms with Gasteiger partial charge in [-0.15, -0.1) is 6.58 Å². The molecule has 1 aromatic heterocycles. The molecule has 0 unspecified atom stereocenters. The summed E-state index contributed by atoms with van der Waals surface area (Å²) < 4.78 is 26.2. The van der Waals surface area contributed by atoms with Gasteiger partial charge in [0, 0.05) is 18.8 Å². The largest absolute Gasteiger partial charge is 0.246 e. The van der Waals surface area contributed by atoms with Crippen LogP contribution in [-0.4, -0.2) is 30.3 Å². The van der Waals surface area contributed by atoms with E-state index in [1.54, 1.807) is 12.1 Å². The van der Waals surface area contributed by atoms with Crippen molar-refractivity contribution >= 4 is 21.6 Å². The first-order chi connectivity index (χ1) is 8.07. The van der Waals surface area contributed by atoms with E-state index in [2.05, 4.69) is 11.6 Å². The number of halogens is 1. The van der Waals surface area contributed by atoms with Gasteiger partial charge in [-0.2, -0.15) is 4.31 Å². The maximum Gasteiger partial charge on any atom is 0.246 e. The van der Waals surface area contributed by atoms with E-state index < -0.39 is 10.0 Å². The van der Waals surface area contributed by atoms with Gasteiger partial charge in [0.25, 0.3) is 0 Å². The zero-order valence-electron chi connectivity index (χ0n) is 9.21. The highest BCUT2D eigenvalue weighted by atomic mass is 35.5. The van der Waals surface area contributed by atoms with Crippen molar-refractivity contribution in [1.82, 2.24) is 9.29 Å². The van der Waals surface area contributed by atoms with Gasteiger partial charge in [0.1, 0.15) is 10.0 Å². The van der Waals surface area contributed by atoms with Gasteiger partial charge in [-0.25, -0.2) is 13.4 Å². The van der Waals surface area contributed by atoms with Crippen LogP contribution in [0.3, 0.4) is 0 Å². The SMILES string of the molecule is C=CCN(C1CC1)S(=O)(=O)c1cccnc1Cl. The van der Waals surface area contributed by atoms with Crippen molar-refractivity contribution in [1.29, 1.82) is 0 Å². The Balaban J connectivity index is 2.40. The normalized spacial score (nSPS) is 16.1. The van der Waals surface area contributed by atoms with E-state index >= 15 is 0 Å². The fourth-order valence-electron chi connectivity index (χ4n) is 1.62. The van der Waals surface area contributed by atoms with Crippen LogP contribution in [0.25, 0.3) is 0 Å². The van der Waals surface area contributed by atoms with Crippen molar-refractivity contribution < 1.29 is 8.42 Å². The molecule has 1 aliphatic rings. The number of rotatable bonds is 5. The van der Waals surface area contributed by atoms with Crippen molar-refractivity contribution in [3.63, 3.8) is 0 Å². The zero-order valence-corrected chi connectivity index (χ0v) is 10.8. The molecule has 4 nitrogen and oxygen atoms in total. The highest BCUT2D eigenvalue weighted by Crippen LogP contribution is 2.33. The third-order valence-corrected chi connectivity index (χ3v) is 4.94. The number of sulfonamides is 1. The fraction of sp³-hybridized carbons (Fsp3) is 0.364. The van der Waals surface area contributed by atoms with Crippen LogP contribution in [0.5, 0.6) is 0 Å². The van der Waals surface area contributed by atoms with E-state index in [9.17, 15) is 8.42 Å². The molecular weight excluding hydrogens is 260 g/mol. The maximum atomic E-state index is 12.4. The van der Waals surface area contributed by atoms with E-state index in [1.807, 2.05) is 0 Å². The molecule has 0 aromatic carbocycles. The molecule has 6 heteroatoms. The van der Waals surface area contributed by atoms with E-state index in [0.29, 0.717) is 6.54 Å². The molecule has 0 saturated heterocycles. The molecule has 1 saturated carbocycles. The molecular formula is C11H13ClN2O2S. The van der Waals surface area contributed by atoms with Crippen molar-refractivity contribution in [3.8, 4) is 0 Å². The van der Waals surface area contributed by atoms with Crippen molar-refractivity contribution in [3.05, 3.63) is 36.1 Å². The van der Waals surface area contributed by atoms with E-state index in [-0.39, 0.29) is 16.1 Å². The van der Waals surface area contributed by atoms with E-state index in [1.165, 1.54) is 16.6 Å². The first kappa shape index (κ1) is 12.5. The monoisotopic (exact) mass is 272 g/mol. The Kier molecular flexibility index (Phi) is 3.51. The predicted octanol–water partition coefficient (Wildman–Crippen LogP) is 2.07. The molecule has 0 spiro atoms. The number of aromatic nitrogens is 1. The molecule has 0 aliphatic heterocycles. The van der Waals surface area contributed by atoms with Crippen LogP contribution in [0, 0.1) is 0 Å². The first-order valence-corrected chi connectivity index (χ1v) is 7.12. The van der Waals surface area contributed by atoms with Crippen LogP contribution in [0.4, 0.5) is 0 Å². The smallest absolute Gasteiger partial charge is 0.243 e. The van der Waals surface area contributed by atoms with Crippen LogP contribution in [0.2, 0.25) is 5.15 Å². The van der Waals surface area contributed by atoms with Gasteiger partial charge in [0.2, 0.25) is 10.0 Å². The highest BCUT2D eigenvalue weighted by Gasteiger charge is 2.38. The summed E-state index contributed by atoms with van der Waals surface area (Å²) in [5, 5.41) is 0.0159. The van der Waals surface area contributed by atoms with Gasteiger partial charge < -0.3 is 0 Å². The topological polar surface area (TPSA) is 50.3 Å². The predicted molar refractivity (Wildman–Crippen MR) is 66.4 cm³/mol. The minimum absolute atomic E-state index is 0.0159. The molecule has 1 fully saturated rings. The molecule has 17 heavy (non-hydrogen) atoms. The third-order valence-electron chi connectivity index (χ3n) is 2.57. The molecule has 0 bridgehead atoms. The zero-order chi connectivity index (χ0) is 12.5. The average molecular weight is 273 g/mol. The molecule has 2 rings (SSSR count). The Labute approximate surface area is 106 Å². The number of hydrogen-bond acceptors (Lipinski definition) is 3. The Morgan fingerprint density at radius 3 is 2.82 bits per heavy atom. The lowest BCUT2D eigenvalue weighted by atomic mass is 10.5. The standard InChI is InChI=1S/C11H13ClN2O2S/c1-2-8-14(9-5-6-9)17(15,16)10-4-3-7-13-11(10)12/h2-4,7,9H,1,5-6,8H2. The van der Waals surface area contributed by atoms with E-state index in [4.69, 9.17) is 11.6 Å². The van der Waals surface area contributed by atoms with Gasteiger partial charge >= 0.3 is 0 Å². The second-order valence-electron chi connectivity index (χ2n) is 3.89. The first-order valence-electron chi connectivity index (χ1n) is 5.30. The molecule has 0 amide bonds. The summed E-state index contributed by atoms with van der Waals surface area (Å²) in [7, 11) is -3.56. The summed E-state index contributed by atoms with van der Waals surface area (Å²) in [6, 6.07) is 3.12. The number of hydrogen-bond donors (Lipinski definition) is 0. The molecule has 1 heterocycles. The summed E-state index contributed by atoms with van der Waals surface area (Å²) in [6.07, 6.45) is 4.84. The van der Waals surface area contributed by atoms with E-state index in [0.717, 1.165) is 12.8 Å². The van der Waals surface area contributed by atoms with Gasteiger partial charge in [-0.3, -0.25) is 0 Å². The summed E-state index contributed by atoms with van der Waals surface area (Å²) in [5.41, 5.74) is 0. The minimum Gasteiger partial charge on any atom is -0.243 e. The average Bonchev–Trinajstić information content (AvgIpc) is 3.10. The Morgan fingerprint density at radius 1 is 1.59 bits per heavy atom. The summed E-state index contributed by atoms with van der Waals surface area (Å²) in [5.74, 6) is 0. The Morgan fingerprint density at radius 2 is 2.29 bits per heavy atom. The van der Waals surface area contributed by atoms with Crippen molar-refractivity contribution in [2.75, 3.05) is 6.54 Å². The fourth-order valence-corrected chi connectivity index (χ4v) is 3.71. The lowest BCUT2D eigenvalue weighted by Crippen LogP contribution is -2.33. The molecule has 92 valence electrons. The Hall–Kier alpha value is -0.910. The highest BCUT2D eigenvalue weighted by molar-refractivity contribution is 7.89. The molecule has 0 N–H and O–H groups in total. The maximum absolute atomic E-state index is 12.4. The van der Waals surface area contributed by atoms with Gasteiger partial charge in [-0.05, 0) is 25.0 Å². The second kappa shape index (κ2) is 4.76. The summed E-state index contributed by atoms with van der Waals surface area (Å²) in [4.78, 5) is 3.87. The summed E-state index contributed by atoms with van der Waals surface area (Å²) >= 11 is 5.84. The van der Waals surface area contributed by atoms with Crippen LogP contribution < -0.4 is 0 Å². The lowest BCUT2D eigenvalue weighted by molar-refractivity contribution is 0.435. The van der Waals surface area contributed by atoms with Crippen LogP contribution in [0.15, 0.2) is 35.9 Å². The van der Waals surface area contributed by atoms with Gasteiger partial charge in [0.15, 0.2) is 0 Å². The lowest BCUT2D eigenvalue weighted by Gasteiger charge is -2.20. The number of nitrogens with zero attached hydrogens (tertiary/aromatic N) is 2. The summed E-state index contributed by atoms with van der Waals surface area (Å²) in [6.45, 7) is 3.89. The molecule has 1 aliphatic carbocycles.